The maximum atomic E-state index is 12.5. The lowest BCUT2D eigenvalue weighted by molar-refractivity contribution is -0.148. The largest absolute Gasteiger partial charge is 0.457 e. The van der Waals surface area contributed by atoms with E-state index in [-0.39, 0.29) is 17.8 Å². The molecule has 0 heterocycles. The summed E-state index contributed by atoms with van der Waals surface area (Å²) in [5.41, 5.74) is 8.20. The highest BCUT2D eigenvalue weighted by Crippen LogP contribution is 2.22. The number of nitrogens with one attached hydrogen (secondary N) is 1. The van der Waals surface area contributed by atoms with Crippen molar-refractivity contribution in [2.75, 3.05) is 11.1 Å². The number of esters is 1. The summed E-state index contributed by atoms with van der Waals surface area (Å²) in [6.45, 7) is 7.30. The summed E-state index contributed by atoms with van der Waals surface area (Å²) < 4.78 is 5.23. The molecular formula is C22H26N2O3. The van der Waals surface area contributed by atoms with Crippen molar-refractivity contribution in [3.63, 3.8) is 0 Å². The predicted molar refractivity (Wildman–Crippen MR) is 109 cm³/mol. The molecule has 0 aliphatic heterocycles. The summed E-state index contributed by atoms with van der Waals surface area (Å²) in [5, 5.41) is 2.85. The first-order valence-electron chi connectivity index (χ1n) is 8.82. The first-order chi connectivity index (χ1) is 12.7. The van der Waals surface area contributed by atoms with Crippen LogP contribution in [-0.2, 0) is 14.3 Å². The van der Waals surface area contributed by atoms with E-state index < -0.39 is 5.60 Å². The van der Waals surface area contributed by atoms with Crippen LogP contribution in [0.1, 0.15) is 44.7 Å². The quantitative estimate of drug-likeness (QED) is 0.468. The molecule has 0 saturated heterocycles. The van der Waals surface area contributed by atoms with Crippen molar-refractivity contribution in [1.29, 1.82) is 0 Å². The van der Waals surface area contributed by atoms with E-state index in [2.05, 4.69) is 5.32 Å². The number of anilines is 2. The number of rotatable bonds is 5. The Morgan fingerprint density at radius 2 is 1.70 bits per heavy atom. The van der Waals surface area contributed by atoms with Crippen molar-refractivity contribution in [2.45, 2.75) is 39.2 Å². The minimum absolute atomic E-state index is 0.134. The van der Waals surface area contributed by atoms with E-state index >= 15 is 0 Å². The number of para-hydroxylation sites is 2. The SMILES string of the molecule is C[C@H](C(=O)Nc1ccccc1N)c1ccc(C=CC(=O)OC(C)(C)C)cc1. The molecule has 0 aromatic heterocycles. The molecule has 0 aliphatic carbocycles. The van der Waals surface area contributed by atoms with Crippen LogP contribution in [0.15, 0.2) is 54.6 Å². The lowest BCUT2D eigenvalue weighted by atomic mass is 9.98. The summed E-state index contributed by atoms with van der Waals surface area (Å²) >= 11 is 0. The Morgan fingerprint density at radius 3 is 2.30 bits per heavy atom. The average molecular weight is 366 g/mol. The number of carbonyl (C=O) groups is 2. The molecule has 2 aromatic rings. The molecule has 0 spiro atoms. The zero-order valence-electron chi connectivity index (χ0n) is 16.2. The molecule has 0 fully saturated rings. The third-order valence-corrected chi connectivity index (χ3v) is 3.87. The van der Waals surface area contributed by atoms with E-state index in [1.807, 2.05) is 64.1 Å². The number of hydrogen-bond donors (Lipinski definition) is 2. The fraction of sp³-hybridized carbons (Fsp3) is 0.273. The highest BCUT2D eigenvalue weighted by molar-refractivity contribution is 5.97. The van der Waals surface area contributed by atoms with Crippen molar-refractivity contribution in [2.24, 2.45) is 0 Å². The van der Waals surface area contributed by atoms with Gasteiger partial charge in [0.1, 0.15) is 5.60 Å². The molecule has 0 radical (unpaired) electrons. The Kier molecular flexibility index (Phi) is 6.40. The van der Waals surface area contributed by atoms with E-state index in [4.69, 9.17) is 10.5 Å². The van der Waals surface area contributed by atoms with Crippen molar-refractivity contribution in [1.82, 2.24) is 0 Å². The molecule has 27 heavy (non-hydrogen) atoms. The molecule has 0 aliphatic rings. The first kappa shape index (κ1) is 20.2. The van der Waals surface area contributed by atoms with Gasteiger partial charge in [-0.25, -0.2) is 4.79 Å². The number of hydrogen-bond acceptors (Lipinski definition) is 4. The lowest BCUT2D eigenvalue weighted by Gasteiger charge is -2.17. The fourth-order valence-corrected chi connectivity index (χ4v) is 2.40. The van der Waals surface area contributed by atoms with Gasteiger partial charge in [0.25, 0.3) is 0 Å². The van der Waals surface area contributed by atoms with Gasteiger partial charge in [-0.15, -0.1) is 0 Å². The Morgan fingerprint density at radius 1 is 1.07 bits per heavy atom. The van der Waals surface area contributed by atoms with Crippen LogP contribution >= 0.6 is 0 Å². The standard InChI is InChI=1S/C22H26N2O3/c1-15(21(26)24-19-8-6-5-7-18(19)23)17-12-9-16(10-13-17)11-14-20(25)27-22(2,3)4/h5-15H,23H2,1-4H3,(H,24,26)/t15-/m0/s1. The zero-order chi connectivity index (χ0) is 20.0. The maximum Gasteiger partial charge on any atom is 0.331 e. The van der Waals surface area contributed by atoms with Gasteiger partial charge in [-0.1, -0.05) is 36.4 Å². The van der Waals surface area contributed by atoms with Crippen LogP contribution in [0.5, 0.6) is 0 Å². The van der Waals surface area contributed by atoms with Crippen molar-refractivity contribution in [3.05, 3.63) is 65.7 Å². The number of nitrogen functional groups attached to an aromatic ring is 1. The van der Waals surface area contributed by atoms with Crippen LogP contribution in [-0.4, -0.2) is 17.5 Å². The van der Waals surface area contributed by atoms with Gasteiger partial charge in [0.15, 0.2) is 0 Å². The van der Waals surface area contributed by atoms with Crippen molar-refractivity contribution < 1.29 is 14.3 Å². The number of benzene rings is 2. The lowest BCUT2D eigenvalue weighted by Crippen LogP contribution is -2.22. The van der Waals surface area contributed by atoms with Crippen LogP contribution in [0.4, 0.5) is 11.4 Å². The van der Waals surface area contributed by atoms with Crippen LogP contribution in [0.25, 0.3) is 6.08 Å². The molecule has 2 rings (SSSR count). The van der Waals surface area contributed by atoms with Crippen LogP contribution in [0.3, 0.4) is 0 Å². The number of nitrogens with two attached hydrogens (primary N) is 1. The first-order valence-corrected chi connectivity index (χ1v) is 8.82. The van der Waals surface area contributed by atoms with E-state index in [1.54, 1.807) is 18.2 Å². The maximum absolute atomic E-state index is 12.5. The molecule has 142 valence electrons. The van der Waals surface area contributed by atoms with Gasteiger partial charge in [-0.2, -0.15) is 0 Å². The monoisotopic (exact) mass is 366 g/mol. The normalized spacial score (nSPS) is 12.6. The second-order valence-corrected chi connectivity index (χ2v) is 7.33. The smallest absolute Gasteiger partial charge is 0.331 e. The molecule has 0 saturated carbocycles. The van der Waals surface area contributed by atoms with Gasteiger partial charge in [-0.05, 0) is 57.0 Å². The zero-order valence-corrected chi connectivity index (χ0v) is 16.2. The highest BCUT2D eigenvalue weighted by atomic mass is 16.6. The van der Waals surface area contributed by atoms with Crippen LogP contribution in [0.2, 0.25) is 0 Å². The van der Waals surface area contributed by atoms with Gasteiger partial charge >= 0.3 is 5.97 Å². The average Bonchev–Trinajstić information content (AvgIpc) is 2.60. The Bertz CT molecular complexity index is 833. The molecule has 5 heteroatoms. The van der Waals surface area contributed by atoms with Gasteiger partial charge in [-0.3, -0.25) is 4.79 Å². The van der Waals surface area contributed by atoms with E-state index in [0.717, 1.165) is 11.1 Å². The van der Waals surface area contributed by atoms with Gasteiger partial charge in [0.05, 0.1) is 17.3 Å². The third-order valence-electron chi connectivity index (χ3n) is 3.87. The molecular weight excluding hydrogens is 340 g/mol. The fourth-order valence-electron chi connectivity index (χ4n) is 2.40. The van der Waals surface area contributed by atoms with Crippen LogP contribution in [0, 0.1) is 0 Å². The minimum atomic E-state index is -0.518. The highest BCUT2D eigenvalue weighted by Gasteiger charge is 2.16. The summed E-state index contributed by atoms with van der Waals surface area (Å²) in [5.74, 6) is -0.863. The Hall–Kier alpha value is -3.08. The number of amides is 1. The van der Waals surface area contributed by atoms with Crippen molar-refractivity contribution in [3.8, 4) is 0 Å². The van der Waals surface area contributed by atoms with E-state index in [9.17, 15) is 9.59 Å². The molecule has 2 aromatic carbocycles. The molecule has 0 bridgehead atoms. The molecule has 0 unspecified atom stereocenters. The van der Waals surface area contributed by atoms with Gasteiger partial charge in [0.2, 0.25) is 5.91 Å². The van der Waals surface area contributed by atoms with Gasteiger partial charge < -0.3 is 15.8 Å². The van der Waals surface area contributed by atoms with E-state index in [0.29, 0.717) is 11.4 Å². The summed E-state index contributed by atoms with van der Waals surface area (Å²) in [4.78, 5) is 24.2. The Balaban J connectivity index is 2.00. The molecule has 1 amide bonds. The molecule has 5 nitrogen and oxygen atoms in total. The second kappa shape index (κ2) is 8.54. The van der Waals surface area contributed by atoms with Gasteiger partial charge in [0, 0.05) is 6.08 Å². The number of ether oxygens (including phenoxy) is 1. The second-order valence-electron chi connectivity index (χ2n) is 7.33. The van der Waals surface area contributed by atoms with E-state index in [1.165, 1.54) is 6.08 Å². The summed E-state index contributed by atoms with van der Waals surface area (Å²) in [6.07, 6.45) is 3.09. The predicted octanol–water partition coefficient (Wildman–Crippen LogP) is 4.37. The summed E-state index contributed by atoms with van der Waals surface area (Å²) in [7, 11) is 0. The molecule has 3 N–H and O–H groups in total. The minimum Gasteiger partial charge on any atom is -0.457 e. The Labute approximate surface area is 160 Å². The van der Waals surface area contributed by atoms with Crippen LogP contribution < -0.4 is 11.1 Å². The topological polar surface area (TPSA) is 81.4 Å². The van der Waals surface area contributed by atoms with Crippen molar-refractivity contribution >= 4 is 29.3 Å². The third kappa shape index (κ3) is 6.29. The summed E-state index contributed by atoms with van der Waals surface area (Å²) in [6, 6.07) is 14.6. The molecule has 1 atom stereocenters. The number of carbonyl (C=O) groups excluding carboxylic acids is 2.